The van der Waals surface area contributed by atoms with Gasteiger partial charge in [-0.3, -0.25) is 0 Å². The highest BCUT2D eigenvalue weighted by Crippen LogP contribution is 2.57. The minimum absolute atomic E-state index is 0.291. The molecule has 1 aliphatic rings. The van der Waals surface area contributed by atoms with Crippen molar-refractivity contribution >= 4 is 27.8 Å². The number of nitrogens with zero attached hydrogens (tertiary/aromatic N) is 1. The first-order valence-electron chi connectivity index (χ1n) is 17.0. The Kier molecular flexibility index (Phi) is 6.99. The van der Waals surface area contributed by atoms with Gasteiger partial charge >= 0.3 is 0 Å². The summed E-state index contributed by atoms with van der Waals surface area (Å²) >= 11 is 0. The van der Waals surface area contributed by atoms with Crippen molar-refractivity contribution in [2.24, 2.45) is 0 Å². The summed E-state index contributed by atoms with van der Waals surface area (Å²) in [5, 5.41) is 2.44. The molecule has 1 atom stereocenters. The molecule has 1 nitrogen and oxygen atoms in total. The van der Waals surface area contributed by atoms with Gasteiger partial charge in [0, 0.05) is 21.9 Å². The molecule has 1 aliphatic carbocycles. The molecule has 0 spiro atoms. The minimum Gasteiger partial charge on any atom is -0.309 e. The Labute approximate surface area is 288 Å². The van der Waals surface area contributed by atoms with E-state index in [2.05, 4.69) is 206 Å². The molecular formula is C48H35N. The summed E-state index contributed by atoms with van der Waals surface area (Å²) in [4.78, 5) is 2.51. The Morgan fingerprint density at radius 2 is 0.898 bits per heavy atom. The van der Waals surface area contributed by atoms with Gasteiger partial charge in [0.2, 0.25) is 0 Å². The Balaban J connectivity index is 1.31. The molecule has 8 aromatic carbocycles. The maximum atomic E-state index is 2.51. The Morgan fingerprint density at radius 1 is 0.367 bits per heavy atom. The van der Waals surface area contributed by atoms with Gasteiger partial charge < -0.3 is 4.90 Å². The number of para-hydroxylation sites is 1. The van der Waals surface area contributed by atoms with E-state index in [9.17, 15) is 0 Å². The zero-order valence-corrected chi connectivity index (χ0v) is 27.4. The molecule has 1 unspecified atom stereocenters. The van der Waals surface area contributed by atoms with E-state index in [-0.39, 0.29) is 5.41 Å². The minimum atomic E-state index is -0.291. The van der Waals surface area contributed by atoms with Crippen LogP contribution in [0.1, 0.15) is 23.6 Å². The smallest absolute Gasteiger partial charge is 0.0543 e. The molecule has 8 aromatic rings. The quantitative estimate of drug-likeness (QED) is 0.178. The molecule has 0 radical (unpaired) electrons. The predicted molar refractivity (Wildman–Crippen MR) is 207 cm³/mol. The number of hydrogen-bond acceptors (Lipinski definition) is 1. The van der Waals surface area contributed by atoms with E-state index < -0.39 is 0 Å². The van der Waals surface area contributed by atoms with Crippen molar-refractivity contribution in [1.82, 2.24) is 0 Å². The van der Waals surface area contributed by atoms with Crippen molar-refractivity contribution in [1.29, 1.82) is 0 Å². The van der Waals surface area contributed by atoms with E-state index in [1.807, 2.05) is 0 Å². The molecule has 0 heterocycles. The molecule has 0 bridgehead atoms. The second-order valence-corrected chi connectivity index (χ2v) is 13.0. The topological polar surface area (TPSA) is 3.24 Å². The van der Waals surface area contributed by atoms with Crippen molar-refractivity contribution in [2.75, 3.05) is 4.90 Å². The largest absolute Gasteiger partial charge is 0.309 e. The van der Waals surface area contributed by atoms with Crippen LogP contribution in [0.4, 0.5) is 17.1 Å². The first-order chi connectivity index (χ1) is 24.2. The Hall–Kier alpha value is -6.18. The number of anilines is 3. The number of fused-ring (bicyclic) bond motifs is 4. The highest BCUT2D eigenvalue weighted by atomic mass is 15.1. The summed E-state index contributed by atoms with van der Waals surface area (Å²) in [5.74, 6) is 0. The third-order valence-electron chi connectivity index (χ3n) is 10.4. The van der Waals surface area contributed by atoms with Gasteiger partial charge in [0.1, 0.15) is 0 Å². The second kappa shape index (κ2) is 11.8. The summed E-state index contributed by atoms with van der Waals surface area (Å²) in [6.07, 6.45) is 0. The highest BCUT2D eigenvalue weighted by Gasteiger charge is 2.42. The van der Waals surface area contributed by atoms with E-state index in [0.29, 0.717) is 0 Å². The lowest BCUT2D eigenvalue weighted by Crippen LogP contribution is -2.22. The molecule has 9 rings (SSSR count). The maximum Gasteiger partial charge on any atom is 0.0543 e. The zero-order valence-electron chi connectivity index (χ0n) is 27.4. The molecule has 0 saturated carbocycles. The van der Waals surface area contributed by atoms with Gasteiger partial charge in [-0.1, -0.05) is 176 Å². The van der Waals surface area contributed by atoms with Crippen molar-refractivity contribution in [3.8, 4) is 33.4 Å². The van der Waals surface area contributed by atoms with Crippen LogP contribution in [0.25, 0.3) is 44.2 Å². The second-order valence-electron chi connectivity index (χ2n) is 13.0. The van der Waals surface area contributed by atoms with Gasteiger partial charge in [-0.05, 0) is 69.5 Å². The molecular weight excluding hydrogens is 591 g/mol. The number of benzene rings is 8. The van der Waals surface area contributed by atoms with Gasteiger partial charge in [0.05, 0.1) is 17.1 Å². The van der Waals surface area contributed by atoms with E-state index in [1.165, 1.54) is 66.5 Å². The summed E-state index contributed by atoms with van der Waals surface area (Å²) in [5.41, 5.74) is 14.5. The molecule has 0 aliphatic heterocycles. The SMILES string of the molecule is CC1(c2ccccc2)c2ccccc2-c2c(N(c3ccccc3-c3ccc(-c4ccccc4)cc3)c3cccc4ccccc34)cccc21. The summed E-state index contributed by atoms with van der Waals surface area (Å²) in [6.45, 7) is 2.39. The number of hydrogen-bond donors (Lipinski definition) is 0. The van der Waals surface area contributed by atoms with Crippen LogP contribution >= 0.6 is 0 Å². The fraction of sp³-hybridized carbons (Fsp3) is 0.0417. The van der Waals surface area contributed by atoms with Gasteiger partial charge in [-0.2, -0.15) is 0 Å². The van der Waals surface area contributed by atoms with Crippen molar-refractivity contribution < 1.29 is 0 Å². The monoisotopic (exact) mass is 625 g/mol. The van der Waals surface area contributed by atoms with E-state index in [0.717, 1.165) is 11.4 Å². The first-order valence-corrected chi connectivity index (χ1v) is 17.0. The highest BCUT2D eigenvalue weighted by molar-refractivity contribution is 6.05. The standard InChI is InChI=1S/C48H35N/c1-48(38-20-6-3-7-21-38)42-25-12-10-24-41(42)47-43(48)26-15-29-46(47)49(45-28-14-19-36-18-8-9-22-39(36)45)44-27-13-11-23-40(44)37-32-30-35(31-33-37)34-16-4-2-5-17-34/h2-33H,1H3. The molecule has 49 heavy (non-hydrogen) atoms. The number of rotatable bonds is 6. The fourth-order valence-electron chi connectivity index (χ4n) is 7.97. The van der Waals surface area contributed by atoms with Gasteiger partial charge in [0.15, 0.2) is 0 Å². The van der Waals surface area contributed by atoms with Gasteiger partial charge in [-0.25, -0.2) is 0 Å². The fourth-order valence-corrected chi connectivity index (χ4v) is 7.97. The summed E-state index contributed by atoms with van der Waals surface area (Å²) < 4.78 is 0. The molecule has 0 fully saturated rings. The van der Waals surface area contributed by atoms with Crippen molar-refractivity contribution in [2.45, 2.75) is 12.3 Å². The van der Waals surface area contributed by atoms with Crippen LogP contribution in [0.3, 0.4) is 0 Å². The Morgan fingerprint density at radius 3 is 1.71 bits per heavy atom. The normalized spacial score (nSPS) is 14.7. The van der Waals surface area contributed by atoms with E-state index >= 15 is 0 Å². The van der Waals surface area contributed by atoms with Crippen LogP contribution in [0, 0.1) is 0 Å². The van der Waals surface area contributed by atoms with Gasteiger partial charge in [-0.15, -0.1) is 0 Å². The molecule has 0 amide bonds. The van der Waals surface area contributed by atoms with Crippen LogP contribution in [0.15, 0.2) is 194 Å². The summed E-state index contributed by atoms with van der Waals surface area (Å²) in [7, 11) is 0. The Bertz CT molecular complexity index is 2440. The zero-order chi connectivity index (χ0) is 32.8. The molecule has 0 N–H and O–H groups in total. The van der Waals surface area contributed by atoms with Crippen LogP contribution in [-0.2, 0) is 5.41 Å². The third kappa shape index (κ3) is 4.70. The molecule has 232 valence electrons. The maximum absolute atomic E-state index is 2.51. The van der Waals surface area contributed by atoms with Crippen LogP contribution in [0.2, 0.25) is 0 Å². The van der Waals surface area contributed by atoms with Crippen LogP contribution < -0.4 is 4.90 Å². The van der Waals surface area contributed by atoms with Crippen LogP contribution in [0.5, 0.6) is 0 Å². The van der Waals surface area contributed by atoms with E-state index in [4.69, 9.17) is 0 Å². The summed E-state index contributed by atoms with van der Waals surface area (Å²) in [6, 6.07) is 70.7. The molecule has 1 heteroatoms. The average Bonchev–Trinajstić information content (AvgIpc) is 3.45. The first kappa shape index (κ1) is 29.0. The lowest BCUT2D eigenvalue weighted by Gasteiger charge is -2.32. The lowest BCUT2D eigenvalue weighted by atomic mass is 9.74. The lowest BCUT2D eigenvalue weighted by molar-refractivity contribution is 0.714. The van der Waals surface area contributed by atoms with Crippen molar-refractivity contribution in [3.05, 3.63) is 211 Å². The van der Waals surface area contributed by atoms with E-state index in [1.54, 1.807) is 0 Å². The average molecular weight is 626 g/mol. The third-order valence-corrected chi connectivity index (χ3v) is 10.4. The predicted octanol–water partition coefficient (Wildman–Crippen LogP) is 13.0. The van der Waals surface area contributed by atoms with Crippen LogP contribution in [-0.4, -0.2) is 0 Å². The molecule has 0 aromatic heterocycles. The van der Waals surface area contributed by atoms with Crippen molar-refractivity contribution in [3.63, 3.8) is 0 Å². The van der Waals surface area contributed by atoms with Gasteiger partial charge in [0.25, 0.3) is 0 Å². The molecule has 0 saturated heterocycles.